The molecule has 0 bridgehead atoms. The van der Waals surface area contributed by atoms with Crippen molar-refractivity contribution in [1.82, 2.24) is 0 Å². The number of rotatable bonds is 5. The minimum atomic E-state index is -3.19. The monoisotopic (exact) mass is 378 g/mol. The highest BCUT2D eigenvalue weighted by molar-refractivity contribution is 9.13. The highest BCUT2D eigenvalue weighted by Gasteiger charge is 2.34. The van der Waals surface area contributed by atoms with Gasteiger partial charge in [0, 0.05) is 4.47 Å². The summed E-state index contributed by atoms with van der Waals surface area (Å²) in [5.74, 6) is -4.46. The molecule has 0 radical (unpaired) electrons. The van der Waals surface area contributed by atoms with Gasteiger partial charge < -0.3 is 9.84 Å². The Morgan fingerprint density at radius 2 is 2.19 bits per heavy atom. The van der Waals surface area contributed by atoms with Crippen LogP contribution in [0.15, 0.2) is 14.3 Å². The van der Waals surface area contributed by atoms with E-state index in [0.717, 1.165) is 11.3 Å². The van der Waals surface area contributed by atoms with Gasteiger partial charge in [0.15, 0.2) is 0 Å². The average Bonchev–Trinajstić information content (AvgIpc) is 2.46. The number of hydrogen-bond acceptors (Lipinski definition) is 3. The van der Waals surface area contributed by atoms with E-state index in [4.69, 9.17) is 5.11 Å². The first kappa shape index (κ1) is 14.0. The Morgan fingerprint density at radius 1 is 1.56 bits per heavy atom. The third-order valence-electron chi connectivity index (χ3n) is 1.51. The molecule has 1 N–H and O–H groups in total. The first-order chi connectivity index (χ1) is 7.33. The van der Waals surface area contributed by atoms with Crippen molar-refractivity contribution < 1.29 is 23.4 Å². The molecule has 0 aliphatic rings. The summed E-state index contributed by atoms with van der Waals surface area (Å²) in [6.45, 7) is -1.68. The van der Waals surface area contributed by atoms with E-state index in [0.29, 0.717) is 8.26 Å². The summed E-state index contributed by atoms with van der Waals surface area (Å²) in [4.78, 5) is 9.91. The fraction of sp³-hybridized carbons (Fsp3) is 0.375. The van der Waals surface area contributed by atoms with Crippen LogP contribution in [-0.2, 0) is 15.5 Å². The van der Waals surface area contributed by atoms with Gasteiger partial charge in [-0.2, -0.15) is 8.78 Å². The van der Waals surface area contributed by atoms with Crippen LogP contribution in [0.1, 0.15) is 4.88 Å². The van der Waals surface area contributed by atoms with E-state index in [2.05, 4.69) is 36.6 Å². The third kappa shape index (κ3) is 3.76. The minimum absolute atomic E-state index is 0.184. The Balaban J connectivity index is 2.66. The predicted molar refractivity (Wildman–Crippen MR) is 62.1 cm³/mol. The van der Waals surface area contributed by atoms with Gasteiger partial charge in [0.1, 0.15) is 13.2 Å². The molecule has 16 heavy (non-hydrogen) atoms. The number of hydrogen-bond donors (Lipinski definition) is 1. The lowest BCUT2D eigenvalue weighted by Crippen LogP contribution is -2.22. The zero-order valence-corrected chi connectivity index (χ0v) is 11.7. The van der Waals surface area contributed by atoms with Gasteiger partial charge in [0.25, 0.3) is 0 Å². The van der Waals surface area contributed by atoms with Crippen molar-refractivity contribution in [2.45, 2.75) is 5.92 Å². The Labute approximate surface area is 111 Å². The molecule has 1 aromatic heterocycles. The third-order valence-corrected chi connectivity index (χ3v) is 4.88. The number of carboxylic acid groups (broad SMARTS) is 1. The lowest BCUT2D eigenvalue weighted by Gasteiger charge is -2.13. The number of carboxylic acids is 1. The van der Waals surface area contributed by atoms with E-state index in [1.165, 1.54) is 6.07 Å². The van der Waals surface area contributed by atoms with Crippen LogP contribution >= 0.6 is 43.2 Å². The second kappa shape index (κ2) is 5.52. The van der Waals surface area contributed by atoms with Gasteiger partial charge in [0.2, 0.25) is 0 Å². The number of aliphatic carboxylic acids is 1. The Morgan fingerprint density at radius 3 is 2.62 bits per heavy atom. The maximum atomic E-state index is 13.5. The molecule has 8 heteroatoms. The number of thiophene rings is 1. The van der Waals surface area contributed by atoms with Gasteiger partial charge in [-0.25, -0.2) is 4.79 Å². The second-order valence-electron chi connectivity index (χ2n) is 2.82. The van der Waals surface area contributed by atoms with Crippen molar-refractivity contribution in [2.75, 3.05) is 13.2 Å². The fourth-order valence-electron chi connectivity index (χ4n) is 0.864. The van der Waals surface area contributed by atoms with Crippen LogP contribution in [0.3, 0.4) is 0 Å². The van der Waals surface area contributed by atoms with Crippen molar-refractivity contribution in [3.05, 3.63) is 19.2 Å². The van der Waals surface area contributed by atoms with Crippen molar-refractivity contribution in [2.24, 2.45) is 0 Å². The Hall–Kier alpha value is -0.0500. The summed E-state index contributed by atoms with van der Waals surface area (Å²) in [5, 5.41) is 8.25. The van der Waals surface area contributed by atoms with Gasteiger partial charge in [-0.05, 0) is 37.9 Å². The highest BCUT2D eigenvalue weighted by atomic mass is 79.9. The molecule has 0 spiro atoms. The van der Waals surface area contributed by atoms with Crippen molar-refractivity contribution >= 4 is 49.2 Å². The van der Waals surface area contributed by atoms with E-state index >= 15 is 0 Å². The number of halogens is 4. The van der Waals surface area contributed by atoms with Gasteiger partial charge in [-0.3, -0.25) is 0 Å². The van der Waals surface area contributed by atoms with E-state index in [1.807, 2.05) is 0 Å². The van der Waals surface area contributed by atoms with Crippen LogP contribution in [-0.4, -0.2) is 24.3 Å². The quantitative estimate of drug-likeness (QED) is 0.852. The van der Waals surface area contributed by atoms with E-state index < -0.39 is 25.1 Å². The van der Waals surface area contributed by atoms with Crippen molar-refractivity contribution in [3.8, 4) is 0 Å². The number of alkyl halides is 2. The van der Waals surface area contributed by atoms with Crippen LogP contribution in [0.2, 0.25) is 0 Å². The molecule has 0 aromatic carbocycles. The van der Waals surface area contributed by atoms with Gasteiger partial charge in [0.05, 0.1) is 8.66 Å². The molecule has 0 unspecified atom stereocenters. The van der Waals surface area contributed by atoms with E-state index in [9.17, 15) is 13.6 Å². The fourth-order valence-corrected chi connectivity index (χ4v) is 2.86. The number of ether oxygens (including phenoxy) is 1. The summed E-state index contributed by atoms with van der Waals surface area (Å²) in [7, 11) is 0. The second-order valence-corrected chi connectivity index (χ2v) is 6.05. The SMILES string of the molecule is O=C(O)COCC(F)(F)c1cc(Br)c(Br)s1. The van der Waals surface area contributed by atoms with Gasteiger partial charge >= 0.3 is 11.9 Å². The predicted octanol–water partition coefficient (Wildman–Crippen LogP) is 3.47. The normalized spacial score (nSPS) is 11.8. The summed E-state index contributed by atoms with van der Waals surface area (Å²) in [5.41, 5.74) is 0. The highest BCUT2D eigenvalue weighted by Crippen LogP contribution is 2.40. The van der Waals surface area contributed by atoms with E-state index in [1.54, 1.807) is 0 Å². The first-order valence-electron chi connectivity index (χ1n) is 3.95. The average molecular weight is 380 g/mol. The maximum Gasteiger partial charge on any atom is 0.329 e. The lowest BCUT2D eigenvalue weighted by molar-refractivity contribution is -0.147. The molecule has 0 saturated carbocycles. The Bertz CT molecular complexity index is 375. The minimum Gasteiger partial charge on any atom is -0.480 e. The summed E-state index contributed by atoms with van der Waals surface area (Å²) >= 11 is 7.07. The molecule has 0 atom stereocenters. The molecular formula is C8H6Br2F2O3S. The first-order valence-corrected chi connectivity index (χ1v) is 6.36. The molecule has 0 fully saturated rings. The van der Waals surface area contributed by atoms with Crippen LogP contribution in [0, 0.1) is 0 Å². The van der Waals surface area contributed by atoms with Crippen molar-refractivity contribution in [3.63, 3.8) is 0 Å². The van der Waals surface area contributed by atoms with Crippen LogP contribution < -0.4 is 0 Å². The number of carbonyl (C=O) groups is 1. The standard InChI is InChI=1S/C8H6Br2F2O3S/c9-4-1-5(16-7(4)10)8(11,12)3-15-2-6(13)14/h1H,2-3H2,(H,13,14). The summed E-state index contributed by atoms with van der Waals surface area (Å²) in [6, 6.07) is 1.28. The van der Waals surface area contributed by atoms with Gasteiger partial charge in [-0.1, -0.05) is 0 Å². The zero-order valence-electron chi connectivity index (χ0n) is 7.68. The van der Waals surface area contributed by atoms with Crippen LogP contribution in [0.25, 0.3) is 0 Å². The summed E-state index contributed by atoms with van der Waals surface area (Å²) < 4.78 is 32.4. The molecular weight excluding hydrogens is 374 g/mol. The largest absolute Gasteiger partial charge is 0.480 e. The molecule has 0 aliphatic carbocycles. The molecule has 0 amide bonds. The molecule has 1 aromatic rings. The molecule has 90 valence electrons. The van der Waals surface area contributed by atoms with Crippen LogP contribution in [0.5, 0.6) is 0 Å². The van der Waals surface area contributed by atoms with Gasteiger partial charge in [-0.15, -0.1) is 11.3 Å². The van der Waals surface area contributed by atoms with Crippen LogP contribution in [0.4, 0.5) is 8.78 Å². The molecule has 1 rings (SSSR count). The molecule has 1 heterocycles. The lowest BCUT2D eigenvalue weighted by atomic mass is 10.3. The zero-order chi connectivity index (χ0) is 12.3. The topological polar surface area (TPSA) is 46.5 Å². The van der Waals surface area contributed by atoms with Crippen molar-refractivity contribution in [1.29, 1.82) is 0 Å². The molecule has 0 saturated heterocycles. The smallest absolute Gasteiger partial charge is 0.329 e. The van der Waals surface area contributed by atoms with E-state index in [-0.39, 0.29) is 4.88 Å². The Kier molecular flexibility index (Phi) is 4.84. The molecule has 0 aliphatic heterocycles. The summed E-state index contributed by atoms with van der Waals surface area (Å²) in [6.07, 6.45) is 0. The molecule has 3 nitrogen and oxygen atoms in total. The maximum absolute atomic E-state index is 13.5.